The van der Waals surface area contributed by atoms with Crippen molar-refractivity contribution in [1.82, 2.24) is 14.9 Å². The second kappa shape index (κ2) is 7.92. The number of anilines is 1. The molecule has 7 heteroatoms. The lowest BCUT2D eigenvalue weighted by Gasteiger charge is -2.15. The predicted octanol–water partition coefficient (Wildman–Crippen LogP) is 4.71. The minimum atomic E-state index is -4.59. The maximum atomic E-state index is 13.1. The number of benzene rings is 2. The van der Waals surface area contributed by atoms with E-state index >= 15 is 0 Å². The summed E-state index contributed by atoms with van der Waals surface area (Å²) in [6, 6.07) is 14.7. The molecule has 0 saturated heterocycles. The van der Waals surface area contributed by atoms with Crippen LogP contribution in [0.5, 0.6) is 0 Å². The highest BCUT2D eigenvalue weighted by Crippen LogP contribution is 2.30. The first kappa shape index (κ1) is 19.1. The molecular formula is C20H21F3N4. The van der Waals surface area contributed by atoms with Gasteiger partial charge in [-0.2, -0.15) is 13.2 Å². The molecule has 4 nitrogen and oxygen atoms in total. The molecule has 1 aromatic heterocycles. The van der Waals surface area contributed by atoms with Gasteiger partial charge in [0.15, 0.2) is 0 Å². The predicted molar refractivity (Wildman–Crippen MR) is 100 cm³/mol. The van der Waals surface area contributed by atoms with Gasteiger partial charge in [0.25, 0.3) is 0 Å². The van der Waals surface area contributed by atoms with Gasteiger partial charge in [0.1, 0.15) is 5.82 Å². The molecule has 0 amide bonds. The van der Waals surface area contributed by atoms with Gasteiger partial charge in [-0.15, -0.1) is 0 Å². The van der Waals surface area contributed by atoms with Crippen LogP contribution in [0.15, 0.2) is 48.5 Å². The van der Waals surface area contributed by atoms with E-state index in [9.17, 15) is 13.2 Å². The molecule has 0 bridgehead atoms. The molecule has 0 unspecified atom stereocenters. The molecule has 1 N–H and O–H groups in total. The Kier molecular flexibility index (Phi) is 5.60. The number of nitrogens with one attached hydrogen (secondary N) is 1. The number of hydrogen-bond donors (Lipinski definition) is 1. The van der Waals surface area contributed by atoms with E-state index in [0.717, 1.165) is 24.2 Å². The third kappa shape index (κ3) is 4.74. The Morgan fingerprint density at radius 3 is 2.48 bits per heavy atom. The van der Waals surface area contributed by atoms with Crippen LogP contribution in [-0.2, 0) is 19.3 Å². The van der Waals surface area contributed by atoms with E-state index in [1.807, 2.05) is 31.3 Å². The van der Waals surface area contributed by atoms with E-state index < -0.39 is 12.0 Å². The molecule has 0 aliphatic heterocycles. The zero-order chi connectivity index (χ0) is 19.4. The van der Waals surface area contributed by atoms with Crippen LogP contribution >= 0.6 is 0 Å². The molecule has 142 valence electrons. The van der Waals surface area contributed by atoms with Gasteiger partial charge >= 0.3 is 6.18 Å². The van der Waals surface area contributed by atoms with Gasteiger partial charge in [-0.05, 0) is 36.9 Å². The van der Waals surface area contributed by atoms with Crippen molar-refractivity contribution < 1.29 is 13.2 Å². The smallest absolute Gasteiger partial charge is 0.365 e. The summed E-state index contributed by atoms with van der Waals surface area (Å²) in [4.78, 5) is 9.53. The summed E-state index contributed by atoms with van der Waals surface area (Å²) >= 11 is 0. The number of aromatic nitrogens is 2. The third-order valence-corrected chi connectivity index (χ3v) is 4.30. The average molecular weight is 374 g/mol. The van der Waals surface area contributed by atoms with Crippen molar-refractivity contribution in [2.45, 2.75) is 26.2 Å². The SMILES string of the molecule is CCN(C)Cc1cccc(CNc2nc(C(F)(F)F)nc3ccccc23)c1. The Hall–Kier alpha value is -2.67. The van der Waals surface area contributed by atoms with Gasteiger partial charge in [0.05, 0.1) is 5.52 Å². The molecule has 0 fully saturated rings. The molecule has 0 saturated carbocycles. The fourth-order valence-electron chi connectivity index (χ4n) is 2.79. The summed E-state index contributed by atoms with van der Waals surface area (Å²) in [5, 5.41) is 3.61. The molecular weight excluding hydrogens is 353 g/mol. The fourth-order valence-corrected chi connectivity index (χ4v) is 2.79. The number of nitrogens with zero attached hydrogens (tertiary/aromatic N) is 3. The summed E-state index contributed by atoms with van der Waals surface area (Å²) in [5.74, 6) is -0.953. The summed E-state index contributed by atoms with van der Waals surface area (Å²) in [6.45, 7) is 4.22. The van der Waals surface area contributed by atoms with Crippen LogP contribution in [0.1, 0.15) is 23.9 Å². The minimum absolute atomic E-state index is 0.184. The van der Waals surface area contributed by atoms with Crippen molar-refractivity contribution in [2.75, 3.05) is 18.9 Å². The number of para-hydroxylation sites is 1. The lowest BCUT2D eigenvalue weighted by atomic mass is 10.1. The zero-order valence-corrected chi connectivity index (χ0v) is 15.2. The molecule has 0 spiro atoms. The van der Waals surface area contributed by atoms with Gasteiger partial charge in [0, 0.05) is 18.5 Å². The molecule has 3 aromatic rings. The molecule has 1 heterocycles. The van der Waals surface area contributed by atoms with E-state index in [4.69, 9.17) is 0 Å². The average Bonchev–Trinajstić information content (AvgIpc) is 2.65. The standard InChI is InChI=1S/C20H21F3N4/c1-3-27(2)13-15-8-6-7-14(11-15)12-24-18-16-9-4-5-10-17(16)25-19(26-18)20(21,22)23/h4-11H,3,12-13H2,1-2H3,(H,24,25,26). The number of rotatable bonds is 6. The van der Waals surface area contributed by atoms with Crippen molar-refractivity contribution in [1.29, 1.82) is 0 Å². The second-order valence-corrected chi connectivity index (χ2v) is 6.41. The first-order valence-corrected chi connectivity index (χ1v) is 8.71. The molecule has 3 rings (SSSR count). The lowest BCUT2D eigenvalue weighted by molar-refractivity contribution is -0.144. The number of alkyl halides is 3. The van der Waals surface area contributed by atoms with Gasteiger partial charge in [0.2, 0.25) is 5.82 Å². The van der Waals surface area contributed by atoms with Crippen molar-refractivity contribution in [3.63, 3.8) is 0 Å². The van der Waals surface area contributed by atoms with Crippen LogP contribution in [0.2, 0.25) is 0 Å². The monoisotopic (exact) mass is 374 g/mol. The van der Waals surface area contributed by atoms with Crippen molar-refractivity contribution in [3.05, 3.63) is 65.5 Å². The largest absolute Gasteiger partial charge is 0.451 e. The quantitative estimate of drug-likeness (QED) is 0.678. The van der Waals surface area contributed by atoms with Crippen LogP contribution in [-0.4, -0.2) is 28.5 Å². The van der Waals surface area contributed by atoms with E-state index in [0.29, 0.717) is 11.9 Å². The van der Waals surface area contributed by atoms with Crippen LogP contribution in [0.4, 0.5) is 19.0 Å². The van der Waals surface area contributed by atoms with Crippen LogP contribution in [0, 0.1) is 0 Å². The third-order valence-electron chi connectivity index (χ3n) is 4.30. The lowest BCUT2D eigenvalue weighted by Crippen LogP contribution is -2.17. The van der Waals surface area contributed by atoms with E-state index in [2.05, 4.69) is 27.1 Å². The highest BCUT2D eigenvalue weighted by atomic mass is 19.4. The van der Waals surface area contributed by atoms with Gasteiger partial charge in [-0.1, -0.05) is 43.3 Å². The minimum Gasteiger partial charge on any atom is -0.365 e. The maximum absolute atomic E-state index is 13.1. The molecule has 0 aliphatic rings. The first-order valence-electron chi connectivity index (χ1n) is 8.71. The summed E-state index contributed by atoms with van der Waals surface area (Å²) in [6.07, 6.45) is -4.59. The Morgan fingerprint density at radius 1 is 1.00 bits per heavy atom. The Morgan fingerprint density at radius 2 is 1.74 bits per heavy atom. The molecule has 2 aromatic carbocycles. The van der Waals surface area contributed by atoms with Gasteiger partial charge in [-0.25, -0.2) is 9.97 Å². The Bertz CT molecular complexity index is 924. The van der Waals surface area contributed by atoms with Crippen LogP contribution < -0.4 is 5.32 Å². The number of hydrogen-bond acceptors (Lipinski definition) is 4. The summed E-state index contributed by atoms with van der Waals surface area (Å²) in [7, 11) is 2.04. The van der Waals surface area contributed by atoms with E-state index in [1.54, 1.807) is 24.3 Å². The maximum Gasteiger partial charge on any atom is 0.451 e. The van der Waals surface area contributed by atoms with Crippen molar-refractivity contribution >= 4 is 16.7 Å². The first-order chi connectivity index (χ1) is 12.9. The second-order valence-electron chi connectivity index (χ2n) is 6.41. The zero-order valence-electron chi connectivity index (χ0n) is 15.2. The van der Waals surface area contributed by atoms with Gasteiger partial charge in [-0.3, -0.25) is 0 Å². The normalized spacial score (nSPS) is 11.9. The molecule has 0 aliphatic carbocycles. The summed E-state index contributed by atoms with van der Waals surface area (Å²) < 4.78 is 39.3. The fraction of sp³-hybridized carbons (Fsp3) is 0.300. The Balaban J connectivity index is 1.86. The highest BCUT2D eigenvalue weighted by molar-refractivity contribution is 5.89. The van der Waals surface area contributed by atoms with Gasteiger partial charge < -0.3 is 10.2 Å². The van der Waals surface area contributed by atoms with E-state index in [-0.39, 0.29) is 11.3 Å². The number of fused-ring (bicyclic) bond motifs is 1. The van der Waals surface area contributed by atoms with Crippen molar-refractivity contribution in [2.24, 2.45) is 0 Å². The number of halogens is 3. The van der Waals surface area contributed by atoms with Crippen molar-refractivity contribution in [3.8, 4) is 0 Å². The van der Waals surface area contributed by atoms with Crippen LogP contribution in [0.3, 0.4) is 0 Å². The van der Waals surface area contributed by atoms with Crippen LogP contribution in [0.25, 0.3) is 10.9 Å². The highest BCUT2D eigenvalue weighted by Gasteiger charge is 2.35. The molecule has 0 radical (unpaired) electrons. The summed E-state index contributed by atoms with van der Waals surface area (Å²) in [5.41, 5.74) is 2.40. The Labute approximate surface area is 156 Å². The topological polar surface area (TPSA) is 41.0 Å². The molecule has 27 heavy (non-hydrogen) atoms. The van der Waals surface area contributed by atoms with E-state index in [1.165, 1.54) is 0 Å². The molecule has 0 atom stereocenters.